The van der Waals surface area contributed by atoms with E-state index in [2.05, 4.69) is 21.8 Å². The summed E-state index contributed by atoms with van der Waals surface area (Å²) in [5, 5.41) is 0. The van der Waals surface area contributed by atoms with Crippen LogP contribution in [0, 0.1) is 0 Å². The maximum Gasteiger partial charge on any atom is 0.229 e. The third-order valence-corrected chi connectivity index (χ3v) is 5.49. The third kappa shape index (κ3) is 5.43. The fourth-order valence-electron chi connectivity index (χ4n) is 3.59. The molecule has 0 radical (unpaired) electrons. The third-order valence-electron chi connectivity index (χ3n) is 4.89. The number of rotatable bonds is 7. The zero-order valence-corrected chi connectivity index (χ0v) is 16.5. The van der Waals surface area contributed by atoms with E-state index in [4.69, 9.17) is 9.47 Å². The van der Waals surface area contributed by atoms with Crippen molar-refractivity contribution in [3.05, 3.63) is 53.9 Å². The van der Waals surface area contributed by atoms with Crippen LogP contribution in [-0.2, 0) is 21.4 Å². The van der Waals surface area contributed by atoms with Gasteiger partial charge in [0.1, 0.15) is 5.75 Å². The van der Waals surface area contributed by atoms with Gasteiger partial charge >= 0.3 is 0 Å². The summed E-state index contributed by atoms with van der Waals surface area (Å²) in [5.41, 5.74) is 2.35. The maximum atomic E-state index is 11.5. The molecule has 27 heavy (non-hydrogen) atoms. The second-order valence-electron chi connectivity index (χ2n) is 6.90. The first kappa shape index (κ1) is 19.6. The molecule has 1 heterocycles. The van der Waals surface area contributed by atoms with Crippen LogP contribution in [0.3, 0.4) is 0 Å². The van der Waals surface area contributed by atoms with Crippen molar-refractivity contribution in [1.29, 1.82) is 0 Å². The van der Waals surface area contributed by atoms with Gasteiger partial charge < -0.3 is 9.47 Å². The summed E-state index contributed by atoms with van der Waals surface area (Å²) in [4.78, 5) is 4.26. The fraction of sp³-hybridized carbons (Fsp3) is 0.450. The van der Waals surface area contributed by atoms with E-state index in [1.54, 1.807) is 25.4 Å². The molecule has 1 aliphatic carbocycles. The smallest absolute Gasteiger partial charge is 0.229 e. The molecule has 0 atom stereocenters. The number of ether oxygens (including phenoxy) is 2. The molecule has 146 valence electrons. The summed E-state index contributed by atoms with van der Waals surface area (Å²) in [6.45, 7) is 0.294. The van der Waals surface area contributed by atoms with Crippen LogP contribution in [0.5, 0.6) is 5.75 Å². The van der Waals surface area contributed by atoms with Crippen LogP contribution in [0.4, 0.5) is 5.69 Å². The minimum Gasteiger partial charge on any atom is -0.496 e. The van der Waals surface area contributed by atoms with Crippen LogP contribution in [-0.4, -0.2) is 32.9 Å². The summed E-state index contributed by atoms with van der Waals surface area (Å²) in [6.07, 6.45) is 6.94. The van der Waals surface area contributed by atoms with Gasteiger partial charge in [-0.1, -0.05) is 18.2 Å². The maximum absolute atomic E-state index is 11.5. The van der Waals surface area contributed by atoms with E-state index in [-0.39, 0.29) is 6.10 Å². The normalized spacial score (nSPS) is 20.2. The van der Waals surface area contributed by atoms with Crippen LogP contribution in [0.1, 0.15) is 42.9 Å². The summed E-state index contributed by atoms with van der Waals surface area (Å²) in [6, 6.07) is 11.6. The topological polar surface area (TPSA) is 77.5 Å². The first-order chi connectivity index (χ1) is 13.0. The van der Waals surface area contributed by atoms with Gasteiger partial charge in [0.25, 0.3) is 0 Å². The molecule has 1 N–H and O–H groups in total. The Balaban J connectivity index is 1.56. The summed E-state index contributed by atoms with van der Waals surface area (Å²) in [7, 11) is -1.63. The largest absolute Gasteiger partial charge is 0.496 e. The predicted molar refractivity (Wildman–Crippen MR) is 105 cm³/mol. The predicted octanol–water partition coefficient (Wildman–Crippen LogP) is 3.70. The van der Waals surface area contributed by atoms with Crippen molar-refractivity contribution in [2.45, 2.75) is 44.3 Å². The van der Waals surface area contributed by atoms with Crippen molar-refractivity contribution in [3.63, 3.8) is 0 Å². The number of nitrogens with one attached hydrogen (secondary N) is 1. The van der Waals surface area contributed by atoms with Gasteiger partial charge in [0.05, 0.1) is 37.5 Å². The monoisotopic (exact) mass is 390 g/mol. The Kier molecular flexibility index (Phi) is 6.34. The number of benzene rings is 1. The Morgan fingerprint density at radius 1 is 1.11 bits per heavy atom. The van der Waals surface area contributed by atoms with Gasteiger partial charge in [0.15, 0.2) is 0 Å². The molecule has 0 bridgehead atoms. The van der Waals surface area contributed by atoms with Crippen LogP contribution in [0.2, 0.25) is 0 Å². The van der Waals surface area contributed by atoms with Crippen molar-refractivity contribution >= 4 is 15.7 Å². The molecular weight excluding hydrogens is 364 g/mol. The second kappa shape index (κ2) is 8.71. The quantitative estimate of drug-likeness (QED) is 0.780. The Morgan fingerprint density at radius 3 is 2.56 bits per heavy atom. The van der Waals surface area contributed by atoms with Crippen molar-refractivity contribution < 1.29 is 17.9 Å². The molecule has 1 aliphatic rings. The van der Waals surface area contributed by atoms with Gasteiger partial charge in [-0.2, -0.15) is 0 Å². The molecule has 1 fully saturated rings. The molecule has 3 rings (SSSR count). The summed E-state index contributed by atoms with van der Waals surface area (Å²) < 4.78 is 37.0. The highest BCUT2D eigenvalue weighted by atomic mass is 32.2. The first-order valence-electron chi connectivity index (χ1n) is 9.12. The van der Waals surface area contributed by atoms with E-state index >= 15 is 0 Å². The number of anilines is 1. The lowest BCUT2D eigenvalue weighted by molar-refractivity contribution is 0.0119. The lowest BCUT2D eigenvalue weighted by Crippen LogP contribution is -2.21. The van der Waals surface area contributed by atoms with Crippen molar-refractivity contribution in [2.75, 3.05) is 18.1 Å². The van der Waals surface area contributed by atoms with E-state index in [0.717, 1.165) is 37.7 Å². The summed E-state index contributed by atoms with van der Waals surface area (Å²) in [5.74, 6) is 1.44. The minimum atomic E-state index is -3.34. The molecule has 1 aromatic heterocycles. The molecule has 1 aromatic carbocycles. The molecule has 0 saturated heterocycles. The van der Waals surface area contributed by atoms with Crippen LogP contribution in [0.15, 0.2) is 42.6 Å². The zero-order valence-electron chi connectivity index (χ0n) is 15.7. The zero-order chi connectivity index (χ0) is 19.3. The first-order valence-corrected chi connectivity index (χ1v) is 11.0. The molecule has 2 aromatic rings. The second-order valence-corrected chi connectivity index (χ2v) is 8.65. The number of methoxy groups -OCH3 is 1. The molecule has 1 saturated carbocycles. The fourth-order valence-corrected chi connectivity index (χ4v) is 4.17. The van der Waals surface area contributed by atoms with Crippen molar-refractivity contribution in [2.24, 2.45) is 0 Å². The molecule has 0 aliphatic heterocycles. The van der Waals surface area contributed by atoms with Gasteiger partial charge in [-0.3, -0.25) is 9.71 Å². The number of para-hydroxylation sites is 1. The van der Waals surface area contributed by atoms with Gasteiger partial charge in [-0.25, -0.2) is 8.42 Å². The standard InChI is InChI=1S/C20H26N2O4S/c1-25-20-8-4-3-6-17(20)15-9-11-16(12-10-15)26-14-19-18(7-5-13-21-19)22-27(2,23)24/h3-8,13,15-16,22H,9-12,14H2,1-2H3/t15-,16+. The van der Waals surface area contributed by atoms with Gasteiger partial charge in [-0.05, 0) is 55.4 Å². The lowest BCUT2D eigenvalue weighted by atomic mass is 9.82. The van der Waals surface area contributed by atoms with E-state index in [1.807, 2.05) is 12.1 Å². The van der Waals surface area contributed by atoms with E-state index in [1.165, 1.54) is 5.56 Å². The van der Waals surface area contributed by atoms with Gasteiger partial charge in [0.2, 0.25) is 10.0 Å². The number of nitrogens with zero attached hydrogens (tertiary/aromatic N) is 1. The Hall–Kier alpha value is -2.12. The number of pyridine rings is 1. The highest BCUT2D eigenvalue weighted by Gasteiger charge is 2.25. The summed E-state index contributed by atoms with van der Waals surface area (Å²) >= 11 is 0. The Morgan fingerprint density at radius 2 is 1.85 bits per heavy atom. The molecule has 0 unspecified atom stereocenters. The lowest BCUT2D eigenvalue weighted by Gasteiger charge is -2.29. The average molecular weight is 391 g/mol. The van der Waals surface area contributed by atoms with Gasteiger partial charge in [-0.15, -0.1) is 0 Å². The van der Waals surface area contributed by atoms with Gasteiger partial charge in [0, 0.05) is 6.20 Å². The van der Waals surface area contributed by atoms with Crippen molar-refractivity contribution in [1.82, 2.24) is 4.98 Å². The Bertz CT molecular complexity index is 862. The number of sulfonamides is 1. The molecule has 0 spiro atoms. The van der Waals surface area contributed by atoms with E-state index < -0.39 is 10.0 Å². The highest BCUT2D eigenvalue weighted by molar-refractivity contribution is 7.92. The van der Waals surface area contributed by atoms with Crippen LogP contribution < -0.4 is 9.46 Å². The average Bonchev–Trinajstić information content (AvgIpc) is 2.66. The van der Waals surface area contributed by atoms with Crippen LogP contribution >= 0.6 is 0 Å². The highest BCUT2D eigenvalue weighted by Crippen LogP contribution is 2.38. The van der Waals surface area contributed by atoms with Crippen LogP contribution in [0.25, 0.3) is 0 Å². The van der Waals surface area contributed by atoms with Crippen molar-refractivity contribution in [3.8, 4) is 5.75 Å². The van der Waals surface area contributed by atoms with E-state index in [9.17, 15) is 8.42 Å². The molecule has 0 amide bonds. The van der Waals surface area contributed by atoms with E-state index in [0.29, 0.717) is 23.9 Å². The number of aromatic nitrogens is 1. The minimum absolute atomic E-state index is 0.157. The SMILES string of the molecule is COc1ccccc1[C@H]1CC[C@@H](OCc2ncccc2NS(C)(=O)=O)CC1. The Labute approximate surface area is 161 Å². The number of hydrogen-bond acceptors (Lipinski definition) is 5. The molecule has 7 heteroatoms. The number of hydrogen-bond donors (Lipinski definition) is 1. The molecule has 6 nitrogen and oxygen atoms in total. The molecular formula is C20H26N2O4S.